The maximum atomic E-state index is 12.5. The van der Waals surface area contributed by atoms with Crippen molar-refractivity contribution in [3.63, 3.8) is 0 Å². The van der Waals surface area contributed by atoms with Gasteiger partial charge in [0.1, 0.15) is 0 Å². The number of carbonyl (C=O) groups is 3. The molecule has 1 aromatic heterocycles. The van der Waals surface area contributed by atoms with E-state index >= 15 is 0 Å². The molecule has 4 rings (SSSR count). The number of amides is 3. The summed E-state index contributed by atoms with van der Waals surface area (Å²) in [5, 5.41) is 5.31. The Hall–Kier alpha value is -1.90. The number of likely N-dealkylation sites (tertiary alicyclic amines) is 1. The van der Waals surface area contributed by atoms with Crippen LogP contribution < -0.4 is 5.32 Å². The SMILES string of the molecule is Cc1csc(Sc2ccc(NC(=O)CCN3C(=O)[C@H]4CCCC[C@H]4C3=O)cc2Cl)n1. The fraction of sp³-hybridized carbons (Fsp3) is 0.429. The highest BCUT2D eigenvalue weighted by atomic mass is 35.5. The summed E-state index contributed by atoms with van der Waals surface area (Å²) in [6, 6.07) is 5.33. The molecule has 6 nitrogen and oxygen atoms in total. The maximum Gasteiger partial charge on any atom is 0.233 e. The van der Waals surface area contributed by atoms with E-state index in [1.54, 1.807) is 23.5 Å². The Kier molecular flexibility index (Phi) is 6.46. The molecule has 0 radical (unpaired) electrons. The van der Waals surface area contributed by atoms with Crippen molar-refractivity contribution in [3.05, 3.63) is 34.3 Å². The van der Waals surface area contributed by atoms with Crippen molar-refractivity contribution in [2.45, 2.75) is 48.3 Å². The van der Waals surface area contributed by atoms with Gasteiger partial charge in [0, 0.05) is 34.6 Å². The van der Waals surface area contributed by atoms with Gasteiger partial charge in [-0.3, -0.25) is 19.3 Å². The van der Waals surface area contributed by atoms with Crippen LogP contribution in [0.1, 0.15) is 37.8 Å². The minimum Gasteiger partial charge on any atom is -0.326 e. The normalized spacial score (nSPS) is 21.1. The van der Waals surface area contributed by atoms with Crippen LogP contribution in [0.15, 0.2) is 32.8 Å². The first-order valence-corrected chi connectivity index (χ1v) is 12.0. The first-order valence-electron chi connectivity index (χ1n) is 9.97. The molecule has 0 bridgehead atoms. The molecule has 2 aromatic rings. The lowest BCUT2D eigenvalue weighted by atomic mass is 9.81. The second-order valence-electron chi connectivity index (χ2n) is 7.63. The van der Waals surface area contributed by atoms with Crippen LogP contribution in [-0.4, -0.2) is 34.2 Å². The number of nitrogens with one attached hydrogen (secondary N) is 1. The molecule has 1 aromatic carbocycles. The van der Waals surface area contributed by atoms with Gasteiger partial charge in [-0.25, -0.2) is 4.98 Å². The molecule has 1 N–H and O–H groups in total. The van der Waals surface area contributed by atoms with Gasteiger partial charge in [-0.15, -0.1) is 11.3 Å². The van der Waals surface area contributed by atoms with E-state index in [9.17, 15) is 14.4 Å². The van der Waals surface area contributed by atoms with Crippen LogP contribution >= 0.6 is 34.7 Å². The number of imide groups is 1. The van der Waals surface area contributed by atoms with E-state index in [0.717, 1.165) is 40.6 Å². The van der Waals surface area contributed by atoms with E-state index in [2.05, 4.69) is 10.3 Å². The third kappa shape index (κ3) is 4.55. The summed E-state index contributed by atoms with van der Waals surface area (Å²) in [4.78, 5) is 43.9. The molecule has 30 heavy (non-hydrogen) atoms. The number of rotatable bonds is 6. The average Bonchev–Trinajstić information content (AvgIpc) is 3.24. The summed E-state index contributed by atoms with van der Waals surface area (Å²) in [7, 11) is 0. The Bertz CT molecular complexity index is 970. The minimum atomic E-state index is -0.252. The van der Waals surface area contributed by atoms with E-state index in [0.29, 0.717) is 10.7 Å². The fourth-order valence-corrected chi connectivity index (χ4v) is 6.12. The van der Waals surface area contributed by atoms with E-state index < -0.39 is 0 Å². The first kappa shape index (κ1) is 21.3. The Labute approximate surface area is 188 Å². The summed E-state index contributed by atoms with van der Waals surface area (Å²) < 4.78 is 0.909. The molecule has 1 aliphatic carbocycles. The van der Waals surface area contributed by atoms with Crippen LogP contribution in [0.2, 0.25) is 5.02 Å². The molecule has 9 heteroatoms. The predicted octanol–water partition coefficient (Wildman–Crippen LogP) is 4.76. The number of aromatic nitrogens is 1. The number of benzene rings is 1. The molecule has 2 heterocycles. The molecular weight excluding hydrogens is 442 g/mol. The summed E-state index contributed by atoms with van der Waals surface area (Å²) >= 11 is 9.40. The van der Waals surface area contributed by atoms with Gasteiger partial charge in [-0.05, 0) is 38.0 Å². The second-order valence-corrected chi connectivity index (χ2v) is 10.2. The largest absolute Gasteiger partial charge is 0.326 e. The lowest BCUT2D eigenvalue weighted by Gasteiger charge is -2.19. The highest BCUT2D eigenvalue weighted by Crippen LogP contribution is 2.38. The molecule has 3 amide bonds. The summed E-state index contributed by atoms with van der Waals surface area (Å²) in [6.07, 6.45) is 3.61. The molecule has 1 aliphatic heterocycles. The Morgan fingerprint density at radius 3 is 2.57 bits per heavy atom. The fourth-order valence-electron chi connectivity index (χ4n) is 4.02. The van der Waals surface area contributed by atoms with E-state index in [1.807, 2.05) is 18.4 Å². The van der Waals surface area contributed by atoms with Crippen LogP contribution in [0.4, 0.5) is 5.69 Å². The molecule has 2 aliphatic rings. The van der Waals surface area contributed by atoms with Gasteiger partial charge in [-0.2, -0.15) is 0 Å². The van der Waals surface area contributed by atoms with Crippen molar-refractivity contribution in [2.75, 3.05) is 11.9 Å². The van der Waals surface area contributed by atoms with Crippen LogP contribution in [0.3, 0.4) is 0 Å². The zero-order valence-corrected chi connectivity index (χ0v) is 18.9. The Balaban J connectivity index is 1.32. The van der Waals surface area contributed by atoms with Crippen molar-refractivity contribution in [3.8, 4) is 0 Å². The van der Waals surface area contributed by atoms with Gasteiger partial charge < -0.3 is 5.32 Å². The number of carbonyl (C=O) groups excluding carboxylic acids is 3. The van der Waals surface area contributed by atoms with Gasteiger partial charge in [-0.1, -0.05) is 36.2 Å². The van der Waals surface area contributed by atoms with Gasteiger partial charge in [0.25, 0.3) is 0 Å². The van der Waals surface area contributed by atoms with Gasteiger partial charge >= 0.3 is 0 Å². The quantitative estimate of drug-likeness (QED) is 0.625. The van der Waals surface area contributed by atoms with Crippen molar-refractivity contribution in [1.29, 1.82) is 0 Å². The molecule has 0 spiro atoms. The number of fused-ring (bicyclic) bond motifs is 1. The minimum absolute atomic E-state index is 0.0728. The smallest absolute Gasteiger partial charge is 0.233 e. The third-order valence-corrected chi connectivity index (χ3v) is 8.06. The van der Waals surface area contributed by atoms with Crippen molar-refractivity contribution in [2.24, 2.45) is 11.8 Å². The standard InChI is InChI=1S/C21H22ClN3O3S2/c1-12-11-29-21(23-12)30-17-7-6-13(10-16(17)22)24-18(26)8-9-25-19(27)14-4-2-3-5-15(14)20(25)28/h6-7,10-11,14-15H,2-5,8-9H2,1H3,(H,24,26)/t14-,15+. The van der Waals surface area contributed by atoms with E-state index in [-0.39, 0.29) is 42.5 Å². The van der Waals surface area contributed by atoms with E-state index in [1.165, 1.54) is 16.7 Å². The number of anilines is 1. The summed E-state index contributed by atoms with van der Waals surface area (Å²) in [5.74, 6) is -0.837. The van der Waals surface area contributed by atoms with Gasteiger partial charge in [0.05, 0.1) is 16.9 Å². The molecule has 158 valence electrons. The van der Waals surface area contributed by atoms with Gasteiger partial charge in [0.15, 0.2) is 4.34 Å². The molecule has 1 saturated carbocycles. The predicted molar refractivity (Wildman–Crippen MR) is 118 cm³/mol. The van der Waals surface area contributed by atoms with Crippen LogP contribution in [-0.2, 0) is 14.4 Å². The zero-order valence-electron chi connectivity index (χ0n) is 16.5. The van der Waals surface area contributed by atoms with Crippen LogP contribution in [0.5, 0.6) is 0 Å². The lowest BCUT2D eigenvalue weighted by Crippen LogP contribution is -2.34. The average molecular weight is 464 g/mol. The molecule has 2 atom stereocenters. The highest BCUT2D eigenvalue weighted by molar-refractivity contribution is 8.01. The Morgan fingerprint density at radius 2 is 1.97 bits per heavy atom. The maximum absolute atomic E-state index is 12.5. The highest BCUT2D eigenvalue weighted by Gasteiger charge is 2.47. The zero-order chi connectivity index (χ0) is 21.3. The Morgan fingerprint density at radius 1 is 1.27 bits per heavy atom. The van der Waals surface area contributed by atoms with Crippen molar-refractivity contribution < 1.29 is 14.4 Å². The first-order chi connectivity index (χ1) is 14.4. The topological polar surface area (TPSA) is 79.4 Å². The monoisotopic (exact) mass is 463 g/mol. The van der Waals surface area contributed by atoms with Gasteiger partial charge in [0.2, 0.25) is 17.7 Å². The molecule has 1 saturated heterocycles. The van der Waals surface area contributed by atoms with Crippen molar-refractivity contribution in [1.82, 2.24) is 9.88 Å². The summed E-state index contributed by atoms with van der Waals surface area (Å²) in [5.41, 5.74) is 1.55. The summed E-state index contributed by atoms with van der Waals surface area (Å²) in [6.45, 7) is 2.07. The molecule has 0 unspecified atom stereocenters. The number of hydrogen-bond acceptors (Lipinski definition) is 6. The van der Waals surface area contributed by atoms with Crippen LogP contribution in [0, 0.1) is 18.8 Å². The number of aryl methyl sites for hydroxylation is 1. The number of thiazole rings is 1. The molecular formula is C21H22ClN3O3S2. The van der Waals surface area contributed by atoms with Crippen molar-refractivity contribution >= 4 is 58.1 Å². The van der Waals surface area contributed by atoms with Crippen LogP contribution in [0.25, 0.3) is 0 Å². The molecule has 2 fully saturated rings. The van der Waals surface area contributed by atoms with E-state index in [4.69, 9.17) is 11.6 Å². The number of halogens is 1. The lowest BCUT2D eigenvalue weighted by molar-refractivity contribution is -0.140. The number of hydrogen-bond donors (Lipinski definition) is 1. The number of nitrogens with zero attached hydrogens (tertiary/aromatic N) is 2. The third-order valence-electron chi connectivity index (χ3n) is 5.51. The second kappa shape index (κ2) is 9.08.